The summed E-state index contributed by atoms with van der Waals surface area (Å²) in [6.45, 7) is 6.45. The van der Waals surface area contributed by atoms with Crippen LogP contribution < -0.4 is 11.1 Å². The number of piperidine rings is 1. The summed E-state index contributed by atoms with van der Waals surface area (Å²) in [5.74, 6) is 0.726. The maximum absolute atomic E-state index is 11.3. The van der Waals surface area contributed by atoms with Crippen molar-refractivity contribution in [3.63, 3.8) is 0 Å². The molecule has 1 aromatic heterocycles. The molecule has 26 heavy (non-hydrogen) atoms. The zero-order valence-electron chi connectivity index (χ0n) is 15.9. The predicted octanol–water partition coefficient (Wildman–Crippen LogP) is 1.66. The Morgan fingerprint density at radius 2 is 2.35 bits per heavy atom. The molecular formula is C17H31IN6OS. The number of carbonyl (C=O) groups is 1. The van der Waals surface area contributed by atoms with Crippen LogP contribution in [0.4, 0.5) is 0 Å². The molecule has 0 bridgehead atoms. The van der Waals surface area contributed by atoms with E-state index in [-0.39, 0.29) is 35.8 Å². The molecule has 1 unspecified atom stereocenters. The molecule has 0 aromatic carbocycles. The lowest BCUT2D eigenvalue weighted by Gasteiger charge is -2.31. The minimum absolute atomic E-state index is 0. The van der Waals surface area contributed by atoms with Gasteiger partial charge in [-0.05, 0) is 39.3 Å². The van der Waals surface area contributed by atoms with Gasteiger partial charge in [0.05, 0.1) is 23.2 Å². The first-order valence-corrected chi connectivity index (χ1v) is 9.72. The number of likely N-dealkylation sites (tertiary alicyclic amines) is 1. The van der Waals surface area contributed by atoms with Crippen molar-refractivity contribution < 1.29 is 4.79 Å². The molecule has 2 rings (SSSR count). The molecule has 7 nitrogen and oxygen atoms in total. The molecule has 148 valence electrons. The van der Waals surface area contributed by atoms with Gasteiger partial charge in [-0.3, -0.25) is 9.79 Å². The van der Waals surface area contributed by atoms with E-state index in [9.17, 15) is 4.79 Å². The number of amides is 1. The number of thiazole rings is 1. The molecule has 1 amide bonds. The molecule has 9 heteroatoms. The molecule has 1 fully saturated rings. The van der Waals surface area contributed by atoms with E-state index in [1.165, 1.54) is 0 Å². The van der Waals surface area contributed by atoms with Crippen molar-refractivity contribution in [2.75, 3.05) is 40.3 Å². The summed E-state index contributed by atoms with van der Waals surface area (Å²) in [6, 6.07) is 0. The van der Waals surface area contributed by atoms with Crippen molar-refractivity contribution in [3.8, 4) is 0 Å². The second-order valence-electron chi connectivity index (χ2n) is 6.58. The standard InChI is InChI=1S/C17H30N6OS.HI/c1-13-21-15(12-25-13)11-22(3)17(19-2)20-7-5-9-23-8-4-6-14(10-23)16(18)24;/h12,14H,4-11H2,1-3H3,(H2,18,24)(H,19,20);1H. The molecule has 1 saturated heterocycles. The highest BCUT2D eigenvalue weighted by atomic mass is 127. The fourth-order valence-electron chi connectivity index (χ4n) is 3.18. The van der Waals surface area contributed by atoms with Gasteiger partial charge in [0.15, 0.2) is 5.96 Å². The Labute approximate surface area is 177 Å². The van der Waals surface area contributed by atoms with E-state index in [1.54, 1.807) is 18.4 Å². The fourth-order valence-corrected chi connectivity index (χ4v) is 3.78. The molecule has 1 aromatic rings. The van der Waals surface area contributed by atoms with Crippen molar-refractivity contribution in [2.24, 2.45) is 16.6 Å². The number of aliphatic imine (C=N–C) groups is 1. The molecule has 0 spiro atoms. The lowest BCUT2D eigenvalue weighted by atomic mass is 9.97. The van der Waals surface area contributed by atoms with Gasteiger partial charge in [0.2, 0.25) is 5.91 Å². The molecule has 1 aliphatic heterocycles. The van der Waals surface area contributed by atoms with Crippen LogP contribution in [0.25, 0.3) is 0 Å². The largest absolute Gasteiger partial charge is 0.369 e. The first kappa shape index (κ1) is 23.1. The quantitative estimate of drug-likeness (QED) is 0.261. The number of halogens is 1. The van der Waals surface area contributed by atoms with Crippen LogP contribution >= 0.6 is 35.3 Å². The number of hydrogen-bond acceptors (Lipinski definition) is 5. The van der Waals surface area contributed by atoms with Crippen LogP contribution in [0, 0.1) is 12.8 Å². The Hall–Kier alpha value is -0.940. The van der Waals surface area contributed by atoms with E-state index in [0.717, 1.165) is 68.6 Å². The monoisotopic (exact) mass is 494 g/mol. The van der Waals surface area contributed by atoms with Gasteiger partial charge < -0.3 is 20.9 Å². The van der Waals surface area contributed by atoms with Crippen LogP contribution in [0.5, 0.6) is 0 Å². The summed E-state index contributed by atoms with van der Waals surface area (Å²) in [5.41, 5.74) is 6.50. The van der Waals surface area contributed by atoms with E-state index in [0.29, 0.717) is 0 Å². The van der Waals surface area contributed by atoms with Gasteiger partial charge in [0.25, 0.3) is 0 Å². The van der Waals surface area contributed by atoms with Gasteiger partial charge in [-0.15, -0.1) is 35.3 Å². The van der Waals surface area contributed by atoms with Crippen molar-refractivity contribution in [2.45, 2.75) is 32.7 Å². The third-order valence-corrected chi connectivity index (χ3v) is 5.30. The lowest BCUT2D eigenvalue weighted by Crippen LogP contribution is -2.43. The summed E-state index contributed by atoms with van der Waals surface area (Å²) >= 11 is 1.67. The van der Waals surface area contributed by atoms with Gasteiger partial charge in [-0.25, -0.2) is 4.98 Å². The van der Waals surface area contributed by atoms with Crippen LogP contribution in [-0.2, 0) is 11.3 Å². The number of nitrogens with two attached hydrogens (primary N) is 1. The highest BCUT2D eigenvalue weighted by Crippen LogP contribution is 2.16. The van der Waals surface area contributed by atoms with Gasteiger partial charge in [-0.1, -0.05) is 0 Å². The van der Waals surface area contributed by atoms with Crippen LogP contribution in [0.3, 0.4) is 0 Å². The molecule has 2 heterocycles. The normalized spacial score (nSPS) is 18.3. The molecule has 0 saturated carbocycles. The Balaban J connectivity index is 0.00000338. The number of carbonyl (C=O) groups excluding carboxylic acids is 1. The zero-order chi connectivity index (χ0) is 18.2. The Morgan fingerprint density at radius 3 is 2.96 bits per heavy atom. The number of guanidine groups is 1. The molecule has 0 radical (unpaired) electrons. The van der Waals surface area contributed by atoms with Crippen LogP contribution in [0.15, 0.2) is 10.4 Å². The SMILES string of the molecule is CN=C(NCCCN1CCCC(C(N)=O)C1)N(C)Cc1csc(C)n1.I. The van der Waals surface area contributed by atoms with Crippen LogP contribution in [0.1, 0.15) is 30.0 Å². The van der Waals surface area contributed by atoms with E-state index in [2.05, 4.69) is 30.5 Å². The number of nitrogens with one attached hydrogen (secondary N) is 1. The minimum atomic E-state index is -0.165. The summed E-state index contributed by atoms with van der Waals surface area (Å²) < 4.78 is 0. The highest BCUT2D eigenvalue weighted by Gasteiger charge is 2.23. The minimum Gasteiger partial charge on any atom is -0.369 e. The van der Waals surface area contributed by atoms with Crippen molar-refractivity contribution >= 4 is 47.2 Å². The zero-order valence-corrected chi connectivity index (χ0v) is 19.0. The van der Waals surface area contributed by atoms with Gasteiger partial charge in [0, 0.05) is 32.6 Å². The number of aromatic nitrogens is 1. The molecule has 1 atom stereocenters. The third kappa shape index (κ3) is 7.36. The average molecular weight is 494 g/mol. The number of primary amides is 1. The number of hydrogen-bond donors (Lipinski definition) is 2. The second kappa shape index (κ2) is 11.7. The average Bonchev–Trinajstić information content (AvgIpc) is 3.00. The maximum Gasteiger partial charge on any atom is 0.221 e. The van der Waals surface area contributed by atoms with Crippen molar-refractivity contribution in [3.05, 3.63) is 16.1 Å². The fraction of sp³-hybridized carbons (Fsp3) is 0.706. The van der Waals surface area contributed by atoms with Gasteiger partial charge >= 0.3 is 0 Å². The van der Waals surface area contributed by atoms with E-state index in [4.69, 9.17) is 5.73 Å². The van der Waals surface area contributed by atoms with Gasteiger partial charge in [-0.2, -0.15) is 0 Å². The second-order valence-corrected chi connectivity index (χ2v) is 7.65. The Bertz CT molecular complexity index is 594. The van der Waals surface area contributed by atoms with Crippen molar-refractivity contribution in [1.82, 2.24) is 20.1 Å². The number of aryl methyl sites for hydroxylation is 1. The topological polar surface area (TPSA) is 86.8 Å². The molecule has 1 aliphatic rings. The Kier molecular flexibility index (Phi) is 10.4. The number of nitrogens with zero attached hydrogens (tertiary/aromatic N) is 4. The van der Waals surface area contributed by atoms with Gasteiger partial charge in [0.1, 0.15) is 0 Å². The molecule has 3 N–H and O–H groups in total. The third-order valence-electron chi connectivity index (χ3n) is 4.48. The lowest BCUT2D eigenvalue weighted by molar-refractivity contribution is -0.123. The summed E-state index contributed by atoms with van der Waals surface area (Å²) in [6.07, 6.45) is 2.99. The van der Waals surface area contributed by atoms with E-state index < -0.39 is 0 Å². The number of rotatable bonds is 7. The summed E-state index contributed by atoms with van der Waals surface area (Å²) in [4.78, 5) is 24.6. The maximum atomic E-state index is 11.3. The predicted molar refractivity (Wildman–Crippen MR) is 118 cm³/mol. The first-order chi connectivity index (χ1) is 12.0. The molecular weight excluding hydrogens is 463 g/mol. The first-order valence-electron chi connectivity index (χ1n) is 8.84. The Morgan fingerprint density at radius 1 is 1.58 bits per heavy atom. The van der Waals surface area contributed by atoms with Crippen LogP contribution in [0.2, 0.25) is 0 Å². The summed E-state index contributed by atoms with van der Waals surface area (Å²) in [5, 5.41) is 6.58. The highest BCUT2D eigenvalue weighted by molar-refractivity contribution is 14.0. The smallest absolute Gasteiger partial charge is 0.221 e. The summed E-state index contributed by atoms with van der Waals surface area (Å²) in [7, 11) is 3.82. The van der Waals surface area contributed by atoms with E-state index in [1.807, 2.05) is 14.0 Å². The van der Waals surface area contributed by atoms with Crippen LogP contribution in [-0.4, -0.2) is 66.9 Å². The van der Waals surface area contributed by atoms with E-state index >= 15 is 0 Å². The van der Waals surface area contributed by atoms with Crippen molar-refractivity contribution in [1.29, 1.82) is 0 Å². The molecule has 0 aliphatic carbocycles.